The fraction of sp³-hybridized carbons (Fsp3) is 0.917. The van der Waals surface area contributed by atoms with Gasteiger partial charge in [0.2, 0.25) is 5.91 Å². The van der Waals surface area contributed by atoms with E-state index in [0.717, 1.165) is 19.3 Å². The van der Waals surface area contributed by atoms with Crippen LogP contribution in [0.4, 0.5) is 0 Å². The Hall–Kier alpha value is 0.01000. The minimum Gasteiger partial charge on any atom is -0.368 e. The second-order valence-electron chi connectivity index (χ2n) is 6.37. The maximum atomic E-state index is 11.3. The van der Waals surface area contributed by atoms with Crippen molar-refractivity contribution in [3.05, 3.63) is 0 Å². The van der Waals surface area contributed by atoms with E-state index in [0.29, 0.717) is 11.8 Å². The number of alkyl halides is 2. The Morgan fingerprint density at radius 1 is 1.47 bits per heavy atom. The summed E-state index contributed by atoms with van der Waals surface area (Å²) in [5.74, 6) is 0.488. The van der Waals surface area contributed by atoms with Gasteiger partial charge >= 0.3 is 0 Å². The molecule has 3 unspecified atom stereocenters. The third kappa shape index (κ3) is 1.48. The molecule has 0 bridgehead atoms. The zero-order chi connectivity index (χ0) is 12.6. The van der Waals surface area contributed by atoms with E-state index in [4.69, 9.17) is 28.9 Å². The van der Waals surface area contributed by atoms with Gasteiger partial charge in [0.1, 0.15) is 4.33 Å². The number of nitrogens with two attached hydrogens (primary N) is 1. The molecule has 0 aromatic heterocycles. The van der Waals surface area contributed by atoms with Crippen LogP contribution in [0.1, 0.15) is 33.1 Å². The molecule has 3 N–H and O–H groups in total. The number of amides is 1. The van der Waals surface area contributed by atoms with Crippen molar-refractivity contribution in [2.45, 2.75) is 49.0 Å². The van der Waals surface area contributed by atoms with E-state index in [2.05, 4.69) is 19.2 Å². The zero-order valence-corrected chi connectivity index (χ0v) is 11.6. The van der Waals surface area contributed by atoms with Crippen molar-refractivity contribution in [1.29, 1.82) is 0 Å². The van der Waals surface area contributed by atoms with E-state index in [9.17, 15) is 4.79 Å². The lowest BCUT2D eigenvalue weighted by Crippen LogP contribution is -2.47. The van der Waals surface area contributed by atoms with Gasteiger partial charge in [-0.15, -0.1) is 23.2 Å². The Morgan fingerprint density at radius 2 is 2.06 bits per heavy atom. The first-order chi connectivity index (χ1) is 7.72. The predicted octanol–water partition coefficient (Wildman–Crippen LogP) is 1.81. The second kappa shape index (κ2) is 3.12. The van der Waals surface area contributed by atoms with Crippen molar-refractivity contribution in [1.82, 2.24) is 5.32 Å². The molecule has 5 atom stereocenters. The molecule has 96 valence electrons. The summed E-state index contributed by atoms with van der Waals surface area (Å²) < 4.78 is -0.551. The van der Waals surface area contributed by atoms with Crippen molar-refractivity contribution in [3.63, 3.8) is 0 Å². The van der Waals surface area contributed by atoms with E-state index in [1.807, 2.05) is 0 Å². The van der Waals surface area contributed by atoms with E-state index >= 15 is 0 Å². The van der Waals surface area contributed by atoms with Crippen molar-refractivity contribution < 1.29 is 4.79 Å². The summed E-state index contributed by atoms with van der Waals surface area (Å²) in [5.41, 5.74) is 5.61. The van der Waals surface area contributed by atoms with Gasteiger partial charge in [-0.2, -0.15) is 0 Å². The molecule has 2 aliphatic carbocycles. The molecule has 3 aliphatic rings. The minimum absolute atomic E-state index is 0.0306. The molecular formula is C12H18Cl2N2O. The fourth-order valence-electron chi connectivity index (χ4n) is 4.00. The molecule has 3 fully saturated rings. The van der Waals surface area contributed by atoms with Gasteiger partial charge in [-0.25, -0.2) is 0 Å². The summed E-state index contributed by atoms with van der Waals surface area (Å²) in [6, 6.07) is -0.185. The Kier molecular flexibility index (Phi) is 2.21. The van der Waals surface area contributed by atoms with Crippen molar-refractivity contribution in [2.24, 2.45) is 23.0 Å². The fourth-order valence-corrected chi connectivity index (χ4v) is 4.71. The lowest BCUT2D eigenvalue weighted by atomic mass is 9.88. The Balaban J connectivity index is 1.78. The predicted molar refractivity (Wildman–Crippen MR) is 67.9 cm³/mol. The summed E-state index contributed by atoms with van der Waals surface area (Å²) in [6.45, 7) is 4.42. The molecule has 3 nitrogen and oxygen atoms in total. The van der Waals surface area contributed by atoms with Gasteiger partial charge in [0.05, 0.1) is 6.04 Å². The van der Waals surface area contributed by atoms with Crippen LogP contribution < -0.4 is 11.1 Å². The molecule has 17 heavy (non-hydrogen) atoms. The summed E-state index contributed by atoms with van der Waals surface area (Å²) in [6.07, 6.45) is 2.81. The highest BCUT2D eigenvalue weighted by molar-refractivity contribution is 6.50. The highest BCUT2D eigenvalue weighted by Gasteiger charge is 2.75. The van der Waals surface area contributed by atoms with Gasteiger partial charge in [0.15, 0.2) is 0 Å². The van der Waals surface area contributed by atoms with Crippen LogP contribution in [0.15, 0.2) is 0 Å². The van der Waals surface area contributed by atoms with Gasteiger partial charge < -0.3 is 5.73 Å². The average molecular weight is 277 g/mol. The highest BCUT2D eigenvalue weighted by atomic mass is 35.5. The minimum atomic E-state index is -0.551. The summed E-state index contributed by atoms with van der Waals surface area (Å²) >= 11 is 12.3. The van der Waals surface area contributed by atoms with E-state index in [-0.39, 0.29) is 22.9 Å². The van der Waals surface area contributed by atoms with Crippen LogP contribution in [-0.2, 0) is 4.79 Å². The van der Waals surface area contributed by atoms with E-state index < -0.39 is 4.33 Å². The molecular weight excluding hydrogens is 259 g/mol. The van der Waals surface area contributed by atoms with Crippen molar-refractivity contribution in [2.75, 3.05) is 0 Å². The first-order valence-electron chi connectivity index (χ1n) is 6.17. The van der Waals surface area contributed by atoms with Crippen molar-refractivity contribution >= 4 is 29.1 Å². The number of carbonyl (C=O) groups excluding carboxylic acids is 1. The number of nitrogens with one attached hydrogen (secondary N) is 1. The molecule has 1 aliphatic heterocycles. The molecule has 1 saturated heterocycles. The molecule has 0 spiro atoms. The number of hydrogen-bond acceptors (Lipinski definition) is 2. The van der Waals surface area contributed by atoms with Gasteiger partial charge in [-0.05, 0) is 36.5 Å². The quantitative estimate of drug-likeness (QED) is 0.773. The number of hydrogen-bond donors (Lipinski definition) is 2. The number of rotatable bonds is 3. The number of halogens is 2. The summed E-state index contributed by atoms with van der Waals surface area (Å²) in [7, 11) is 0. The Morgan fingerprint density at radius 3 is 2.47 bits per heavy atom. The van der Waals surface area contributed by atoms with Crippen molar-refractivity contribution in [3.8, 4) is 0 Å². The molecule has 2 saturated carbocycles. The van der Waals surface area contributed by atoms with Gasteiger partial charge in [-0.1, -0.05) is 13.8 Å². The normalized spacial score (nSPS) is 51.8. The van der Waals surface area contributed by atoms with Gasteiger partial charge in [0.25, 0.3) is 0 Å². The Labute approximate surface area is 111 Å². The highest BCUT2D eigenvalue weighted by Crippen LogP contribution is 2.72. The van der Waals surface area contributed by atoms with Gasteiger partial charge in [-0.3, -0.25) is 10.1 Å². The maximum Gasteiger partial charge on any atom is 0.234 e. The lowest BCUT2D eigenvalue weighted by molar-refractivity contribution is -0.120. The molecule has 5 heteroatoms. The Bertz CT molecular complexity index is 400. The summed E-state index contributed by atoms with van der Waals surface area (Å²) in [5, 5.41) is 3.45. The number of piperidine rings is 1. The lowest BCUT2D eigenvalue weighted by Gasteiger charge is -2.26. The SMILES string of the molecule is C[C@H]([C@H]1CC1(Cl)Cl)C12CC1(C)CC(C(N)=O)N2. The maximum absolute atomic E-state index is 11.3. The molecule has 0 aromatic rings. The molecule has 3 rings (SSSR count). The second-order valence-corrected chi connectivity index (χ2v) is 7.91. The largest absolute Gasteiger partial charge is 0.368 e. The van der Waals surface area contributed by atoms with Crippen LogP contribution in [-0.4, -0.2) is 21.8 Å². The summed E-state index contributed by atoms with van der Waals surface area (Å²) in [4.78, 5) is 11.3. The topological polar surface area (TPSA) is 55.1 Å². The van der Waals surface area contributed by atoms with Crippen LogP contribution in [0.2, 0.25) is 0 Å². The number of primary amides is 1. The number of carbonyl (C=O) groups is 1. The van der Waals surface area contributed by atoms with E-state index in [1.165, 1.54) is 0 Å². The van der Waals surface area contributed by atoms with Crippen LogP contribution in [0.3, 0.4) is 0 Å². The first kappa shape index (κ1) is 12.1. The monoisotopic (exact) mass is 276 g/mol. The third-order valence-corrected chi connectivity index (χ3v) is 6.18. The van der Waals surface area contributed by atoms with Crippen LogP contribution >= 0.6 is 23.2 Å². The molecule has 0 radical (unpaired) electrons. The first-order valence-corrected chi connectivity index (χ1v) is 6.92. The van der Waals surface area contributed by atoms with Crippen LogP contribution in [0, 0.1) is 17.3 Å². The number of fused-ring (bicyclic) bond motifs is 1. The van der Waals surface area contributed by atoms with Crippen LogP contribution in [0.25, 0.3) is 0 Å². The van der Waals surface area contributed by atoms with Gasteiger partial charge in [0, 0.05) is 5.54 Å². The molecule has 0 aromatic carbocycles. The van der Waals surface area contributed by atoms with E-state index in [1.54, 1.807) is 0 Å². The smallest absolute Gasteiger partial charge is 0.234 e. The zero-order valence-electron chi connectivity index (χ0n) is 10.1. The standard InChI is InChI=1S/C12H18Cl2N2O/c1-6(7-3-12(7,13)14)11-5-10(11,2)4-8(16-11)9(15)17/h6-8,16H,3-5H2,1-2H3,(H2,15,17)/t6-,7-,8?,10?,11?/m1/s1. The molecule has 1 heterocycles. The van der Waals surface area contributed by atoms with Crippen LogP contribution in [0.5, 0.6) is 0 Å². The average Bonchev–Trinajstić information content (AvgIpc) is 2.98. The molecule has 1 amide bonds. The third-order valence-electron chi connectivity index (χ3n) is 5.31.